The summed E-state index contributed by atoms with van der Waals surface area (Å²) in [6.07, 6.45) is 8.14. The molecule has 0 saturated heterocycles. The number of ketones is 1. The summed E-state index contributed by atoms with van der Waals surface area (Å²) in [6.45, 7) is 4.27. The van der Waals surface area contributed by atoms with Crippen molar-refractivity contribution in [3.63, 3.8) is 0 Å². The number of hydrogen-bond donors (Lipinski definition) is 2. The Labute approximate surface area is 99.3 Å². The van der Waals surface area contributed by atoms with Gasteiger partial charge in [-0.15, -0.1) is 0 Å². The van der Waals surface area contributed by atoms with Crippen LogP contribution in [0, 0.1) is 5.41 Å². The van der Waals surface area contributed by atoms with Crippen LogP contribution in [0.1, 0.15) is 58.8 Å². The quantitative estimate of drug-likeness (QED) is 0.683. The lowest BCUT2D eigenvalue weighted by Gasteiger charge is -2.36. The van der Waals surface area contributed by atoms with Gasteiger partial charge in [0.1, 0.15) is 0 Å². The van der Waals surface area contributed by atoms with Gasteiger partial charge in [0, 0.05) is 6.42 Å². The number of carbonyl (C=O) groups excluding carboxylic acids is 1. The van der Waals surface area contributed by atoms with Gasteiger partial charge in [0.05, 0.1) is 6.04 Å². The van der Waals surface area contributed by atoms with Gasteiger partial charge < -0.3 is 0 Å². The van der Waals surface area contributed by atoms with E-state index in [-0.39, 0.29) is 6.04 Å². The lowest BCUT2D eigenvalue weighted by atomic mass is 9.71. The van der Waals surface area contributed by atoms with Gasteiger partial charge in [0.25, 0.3) is 0 Å². The Bertz CT molecular complexity index is 222. The predicted molar refractivity (Wildman–Crippen MR) is 67.1 cm³/mol. The molecule has 1 saturated carbocycles. The van der Waals surface area contributed by atoms with Crippen molar-refractivity contribution in [2.24, 2.45) is 5.41 Å². The van der Waals surface area contributed by atoms with Gasteiger partial charge in [0.2, 0.25) is 0 Å². The first-order chi connectivity index (χ1) is 7.61. The van der Waals surface area contributed by atoms with Crippen LogP contribution in [0.4, 0.5) is 0 Å². The Kier molecular flexibility index (Phi) is 5.42. The van der Waals surface area contributed by atoms with Gasteiger partial charge in [-0.2, -0.15) is 0 Å². The van der Waals surface area contributed by atoms with Gasteiger partial charge in [-0.25, -0.2) is 5.43 Å². The lowest BCUT2D eigenvalue weighted by Crippen LogP contribution is -2.46. The molecule has 0 heterocycles. The third-order valence-electron chi connectivity index (χ3n) is 3.81. The highest BCUT2D eigenvalue weighted by molar-refractivity contribution is 5.83. The fraction of sp³-hybridized carbons (Fsp3) is 0.923. The molecule has 1 aliphatic carbocycles. The second kappa shape index (κ2) is 6.36. The van der Waals surface area contributed by atoms with Crippen LogP contribution in [-0.2, 0) is 4.79 Å². The molecule has 0 aliphatic heterocycles. The first kappa shape index (κ1) is 13.7. The van der Waals surface area contributed by atoms with E-state index in [4.69, 9.17) is 0 Å². The van der Waals surface area contributed by atoms with Crippen molar-refractivity contribution in [1.29, 1.82) is 0 Å². The van der Waals surface area contributed by atoms with Crippen LogP contribution in [0.5, 0.6) is 0 Å². The summed E-state index contributed by atoms with van der Waals surface area (Å²) in [7, 11) is 1.83. The molecular formula is C13H26N2O. The lowest BCUT2D eigenvalue weighted by molar-refractivity contribution is -0.122. The van der Waals surface area contributed by atoms with Crippen molar-refractivity contribution in [2.45, 2.75) is 64.8 Å². The number of carbonyl (C=O) groups is 1. The number of hydrogen-bond acceptors (Lipinski definition) is 3. The maximum atomic E-state index is 11.8. The highest BCUT2D eigenvalue weighted by Gasteiger charge is 2.31. The molecular weight excluding hydrogens is 200 g/mol. The Balaban J connectivity index is 2.55. The molecule has 2 N–H and O–H groups in total. The minimum Gasteiger partial charge on any atom is -0.298 e. The Morgan fingerprint density at radius 1 is 1.31 bits per heavy atom. The van der Waals surface area contributed by atoms with E-state index >= 15 is 0 Å². The van der Waals surface area contributed by atoms with E-state index < -0.39 is 0 Å². The van der Waals surface area contributed by atoms with Crippen molar-refractivity contribution >= 4 is 5.78 Å². The number of rotatable bonds is 6. The molecule has 0 spiro atoms. The number of nitrogens with one attached hydrogen (secondary N) is 2. The minimum absolute atomic E-state index is 0.0156. The summed E-state index contributed by atoms with van der Waals surface area (Å²) in [5, 5.41) is 0. The van der Waals surface area contributed by atoms with E-state index in [0.29, 0.717) is 17.6 Å². The molecule has 1 aliphatic rings. The zero-order valence-electron chi connectivity index (χ0n) is 10.9. The van der Waals surface area contributed by atoms with E-state index in [2.05, 4.69) is 17.8 Å². The standard InChI is InChI=1S/C13H26N2O/c1-4-12(16)11(15-14-3)10-13(2)8-6-5-7-9-13/h11,14-15H,4-10H2,1-3H3. The smallest absolute Gasteiger partial charge is 0.150 e. The monoisotopic (exact) mass is 226 g/mol. The second-order valence-corrected chi connectivity index (χ2v) is 5.34. The molecule has 1 unspecified atom stereocenters. The van der Waals surface area contributed by atoms with E-state index in [9.17, 15) is 4.79 Å². The zero-order valence-corrected chi connectivity index (χ0v) is 10.9. The zero-order chi connectivity index (χ0) is 12.0. The number of hydrazine groups is 1. The van der Waals surface area contributed by atoms with Crippen LogP contribution < -0.4 is 10.9 Å². The summed E-state index contributed by atoms with van der Waals surface area (Å²) < 4.78 is 0. The van der Waals surface area contributed by atoms with Crippen LogP contribution in [-0.4, -0.2) is 18.9 Å². The molecule has 3 heteroatoms. The SMILES string of the molecule is CCC(=O)C(CC1(C)CCCCC1)NNC. The average Bonchev–Trinajstić information content (AvgIpc) is 2.28. The minimum atomic E-state index is -0.0156. The van der Waals surface area contributed by atoms with Crippen molar-refractivity contribution in [2.75, 3.05) is 7.05 Å². The van der Waals surface area contributed by atoms with Crippen molar-refractivity contribution in [3.8, 4) is 0 Å². The first-order valence-corrected chi connectivity index (χ1v) is 6.56. The first-order valence-electron chi connectivity index (χ1n) is 6.56. The van der Waals surface area contributed by atoms with E-state index in [1.54, 1.807) is 0 Å². The Hall–Kier alpha value is -0.410. The van der Waals surface area contributed by atoms with Crippen LogP contribution in [0.15, 0.2) is 0 Å². The van der Waals surface area contributed by atoms with Gasteiger partial charge in [-0.1, -0.05) is 33.1 Å². The molecule has 1 fully saturated rings. The maximum absolute atomic E-state index is 11.8. The highest BCUT2D eigenvalue weighted by atomic mass is 16.1. The summed E-state index contributed by atoms with van der Waals surface area (Å²) in [6, 6.07) is -0.0156. The average molecular weight is 226 g/mol. The number of Topliss-reactive ketones (excluding diaryl/α,β-unsaturated/α-hetero) is 1. The van der Waals surface area contributed by atoms with Crippen molar-refractivity contribution in [1.82, 2.24) is 10.9 Å². The Morgan fingerprint density at radius 3 is 2.44 bits per heavy atom. The third-order valence-corrected chi connectivity index (χ3v) is 3.81. The molecule has 1 rings (SSSR count). The van der Waals surface area contributed by atoms with Crippen LogP contribution >= 0.6 is 0 Å². The molecule has 3 nitrogen and oxygen atoms in total. The molecule has 1 atom stereocenters. The normalized spacial score (nSPS) is 21.7. The molecule has 0 aromatic carbocycles. The molecule has 94 valence electrons. The molecule has 0 amide bonds. The second-order valence-electron chi connectivity index (χ2n) is 5.34. The third kappa shape index (κ3) is 3.87. The Morgan fingerprint density at radius 2 is 1.94 bits per heavy atom. The predicted octanol–water partition coefficient (Wildman–Crippen LogP) is 2.42. The van der Waals surface area contributed by atoms with Crippen LogP contribution in [0.25, 0.3) is 0 Å². The summed E-state index contributed by atoms with van der Waals surface area (Å²) >= 11 is 0. The van der Waals surface area contributed by atoms with Gasteiger partial charge in [-0.05, 0) is 31.7 Å². The van der Waals surface area contributed by atoms with Crippen molar-refractivity contribution in [3.05, 3.63) is 0 Å². The molecule has 0 aromatic rings. The molecule has 16 heavy (non-hydrogen) atoms. The van der Waals surface area contributed by atoms with Crippen LogP contribution in [0.2, 0.25) is 0 Å². The van der Waals surface area contributed by atoms with Crippen LogP contribution in [0.3, 0.4) is 0 Å². The fourth-order valence-electron chi connectivity index (χ4n) is 2.77. The van der Waals surface area contributed by atoms with Gasteiger partial charge in [-0.3, -0.25) is 10.2 Å². The summed E-state index contributed by atoms with van der Waals surface area (Å²) in [4.78, 5) is 11.8. The summed E-state index contributed by atoms with van der Waals surface area (Å²) in [5.41, 5.74) is 6.38. The fourth-order valence-corrected chi connectivity index (χ4v) is 2.77. The summed E-state index contributed by atoms with van der Waals surface area (Å²) in [5.74, 6) is 0.321. The molecule has 0 radical (unpaired) electrons. The highest BCUT2D eigenvalue weighted by Crippen LogP contribution is 2.39. The van der Waals surface area contributed by atoms with E-state index in [1.165, 1.54) is 32.1 Å². The van der Waals surface area contributed by atoms with E-state index in [1.807, 2.05) is 14.0 Å². The largest absolute Gasteiger partial charge is 0.298 e. The van der Waals surface area contributed by atoms with E-state index in [0.717, 1.165) is 6.42 Å². The topological polar surface area (TPSA) is 41.1 Å². The van der Waals surface area contributed by atoms with Gasteiger partial charge >= 0.3 is 0 Å². The molecule has 0 aromatic heterocycles. The molecule has 0 bridgehead atoms. The van der Waals surface area contributed by atoms with Crippen molar-refractivity contribution < 1.29 is 4.79 Å². The van der Waals surface area contributed by atoms with Gasteiger partial charge in [0.15, 0.2) is 5.78 Å². The maximum Gasteiger partial charge on any atom is 0.150 e.